The molecule has 3 aromatic rings. The van der Waals surface area contributed by atoms with Gasteiger partial charge in [0, 0.05) is 11.8 Å². The molecule has 0 saturated carbocycles. The van der Waals surface area contributed by atoms with E-state index in [0.717, 1.165) is 17.9 Å². The van der Waals surface area contributed by atoms with Gasteiger partial charge in [0.2, 0.25) is 0 Å². The molecule has 1 aliphatic rings. The van der Waals surface area contributed by atoms with Crippen LogP contribution in [-0.2, 0) is 6.42 Å². The van der Waals surface area contributed by atoms with Gasteiger partial charge in [0.05, 0.1) is 6.04 Å². The van der Waals surface area contributed by atoms with Gasteiger partial charge < -0.3 is 5.32 Å². The summed E-state index contributed by atoms with van der Waals surface area (Å²) in [7, 11) is 0. The number of aryl methyl sites for hydroxylation is 2. The highest BCUT2D eigenvalue weighted by molar-refractivity contribution is 5.48. The summed E-state index contributed by atoms with van der Waals surface area (Å²) in [6, 6.07) is 11.1. The Morgan fingerprint density at radius 2 is 2.13 bits per heavy atom. The molecule has 118 valence electrons. The van der Waals surface area contributed by atoms with Crippen LogP contribution >= 0.6 is 0 Å². The van der Waals surface area contributed by atoms with E-state index in [9.17, 15) is 0 Å². The van der Waals surface area contributed by atoms with Crippen LogP contribution in [0.4, 0.5) is 5.82 Å². The first-order valence-electron chi connectivity index (χ1n) is 8.24. The number of hydrogen-bond donors (Lipinski definition) is 1. The first kappa shape index (κ1) is 14.2. The summed E-state index contributed by atoms with van der Waals surface area (Å²) in [4.78, 5) is 8.64. The Balaban J connectivity index is 1.78. The van der Waals surface area contributed by atoms with Crippen molar-refractivity contribution < 1.29 is 0 Å². The number of aromatic nitrogens is 4. The highest BCUT2D eigenvalue weighted by Crippen LogP contribution is 2.35. The minimum absolute atomic E-state index is 0.280. The van der Waals surface area contributed by atoms with Crippen molar-refractivity contribution in [3.8, 4) is 0 Å². The van der Waals surface area contributed by atoms with Crippen molar-refractivity contribution in [3.63, 3.8) is 0 Å². The van der Waals surface area contributed by atoms with Gasteiger partial charge in [-0.3, -0.25) is 0 Å². The van der Waals surface area contributed by atoms with Crippen molar-refractivity contribution >= 4 is 11.6 Å². The highest BCUT2D eigenvalue weighted by Gasteiger charge is 2.25. The first-order valence-corrected chi connectivity index (χ1v) is 8.24. The Kier molecular flexibility index (Phi) is 3.48. The predicted molar refractivity (Wildman–Crippen MR) is 90.4 cm³/mol. The molecule has 2 heterocycles. The SMILES string of the molecule is Cc1cc(N[C@@H]2c3ccccc3CCC[C@@H]2C)n2ncnc2n1. The molecule has 1 N–H and O–H groups in total. The third kappa shape index (κ3) is 2.56. The lowest BCUT2D eigenvalue weighted by Crippen LogP contribution is -2.20. The minimum atomic E-state index is 0.280. The van der Waals surface area contributed by atoms with E-state index in [-0.39, 0.29) is 6.04 Å². The molecule has 5 nitrogen and oxygen atoms in total. The van der Waals surface area contributed by atoms with Crippen molar-refractivity contribution in [3.05, 3.63) is 53.5 Å². The molecule has 2 atom stereocenters. The smallest absolute Gasteiger partial charge is 0.254 e. The Morgan fingerprint density at radius 1 is 1.26 bits per heavy atom. The molecule has 0 amide bonds. The summed E-state index contributed by atoms with van der Waals surface area (Å²) < 4.78 is 1.78. The molecule has 0 unspecified atom stereocenters. The number of nitrogens with zero attached hydrogens (tertiary/aromatic N) is 4. The molecule has 0 spiro atoms. The van der Waals surface area contributed by atoms with Gasteiger partial charge >= 0.3 is 0 Å². The second-order valence-electron chi connectivity index (χ2n) is 6.44. The van der Waals surface area contributed by atoms with E-state index >= 15 is 0 Å². The fourth-order valence-electron chi connectivity index (χ4n) is 3.57. The zero-order valence-electron chi connectivity index (χ0n) is 13.5. The lowest BCUT2D eigenvalue weighted by atomic mass is 9.92. The summed E-state index contributed by atoms with van der Waals surface area (Å²) in [5, 5.41) is 8.03. The Morgan fingerprint density at radius 3 is 3.04 bits per heavy atom. The molecule has 0 fully saturated rings. The molecule has 0 bridgehead atoms. The van der Waals surface area contributed by atoms with Crippen molar-refractivity contribution in [2.24, 2.45) is 5.92 Å². The molecule has 5 heteroatoms. The molecule has 0 radical (unpaired) electrons. The molecule has 1 aromatic carbocycles. The third-order valence-electron chi connectivity index (χ3n) is 4.75. The van der Waals surface area contributed by atoms with Crippen LogP contribution in [0, 0.1) is 12.8 Å². The highest BCUT2D eigenvalue weighted by atomic mass is 15.4. The van der Waals surface area contributed by atoms with E-state index in [2.05, 4.69) is 51.6 Å². The molecule has 1 aliphatic carbocycles. The van der Waals surface area contributed by atoms with Gasteiger partial charge in [-0.1, -0.05) is 31.2 Å². The van der Waals surface area contributed by atoms with E-state index < -0.39 is 0 Å². The molecule has 0 saturated heterocycles. The maximum absolute atomic E-state index is 4.42. The average molecular weight is 307 g/mol. The molecular formula is C18H21N5. The van der Waals surface area contributed by atoms with Gasteiger partial charge in [0.1, 0.15) is 12.1 Å². The van der Waals surface area contributed by atoms with Crippen LogP contribution in [0.3, 0.4) is 0 Å². The number of hydrogen-bond acceptors (Lipinski definition) is 4. The topological polar surface area (TPSA) is 55.1 Å². The van der Waals surface area contributed by atoms with Crippen molar-refractivity contribution in [1.82, 2.24) is 19.6 Å². The van der Waals surface area contributed by atoms with Crippen molar-refractivity contribution in [2.45, 2.75) is 39.2 Å². The van der Waals surface area contributed by atoms with Crippen LogP contribution in [-0.4, -0.2) is 19.6 Å². The number of benzene rings is 1. The van der Waals surface area contributed by atoms with Crippen LogP contribution in [0.1, 0.15) is 42.6 Å². The Bertz CT molecular complexity index is 838. The Hall–Kier alpha value is -2.43. The molecule has 0 aliphatic heterocycles. The van der Waals surface area contributed by atoms with E-state index in [0.29, 0.717) is 11.7 Å². The monoisotopic (exact) mass is 307 g/mol. The summed E-state index contributed by atoms with van der Waals surface area (Å²) in [6.07, 6.45) is 5.17. The maximum Gasteiger partial charge on any atom is 0.254 e. The largest absolute Gasteiger partial charge is 0.363 e. The quantitative estimate of drug-likeness (QED) is 0.736. The van der Waals surface area contributed by atoms with Crippen LogP contribution in [0.25, 0.3) is 5.78 Å². The molecular weight excluding hydrogens is 286 g/mol. The summed E-state index contributed by atoms with van der Waals surface area (Å²) in [5.41, 5.74) is 3.80. The zero-order chi connectivity index (χ0) is 15.8. The summed E-state index contributed by atoms with van der Waals surface area (Å²) in [6.45, 7) is 4.32. The number of anilines is 1. The number of nitrogens with one attached hydrogen (secondary N) is 1. The fraction of sp³-hybridized carbons (Fsp3) is 0.389. The van der Waals surface area contributed by atoms with E-state index in [1.807, 2.05) is 13.0 Å². The van der Waals surface area contributed by atoms with Crippen LogP contribution in [0.2, 0.25) is 0 Å². The van der Waals surface area contributed by atoms with Gasteiger partial charge in [0.15, 0.2) is 0 Å². The van der Waals surface area contributed by atoms with Crippen LogP contribution < -0.4 is 5.32 Å². The fourth-order valence-corrected chi connectivity index (χ4v) is 3.57. The van der Waals surface area contributed by atoms with E-state index in [1.165, 1.54) is 24.0 Å². The van der Waals surface area contributed by atoms with Gasteiger partial charge in [-0.25, -0.2) is 4.98 Å². The summed E-state index contributed by atoms with van der Waals surface area (Å²) >= 11 is 0. The second kappa shape index (κ2) is 5.65. The minimum Gasteiger partial charge on any atom is -0.363 e. The normalized spacial score (nSPS) is 21.0. The van der Waals surface area contributed by atoms with Crippen LogP contribution in [0.5, 0.6) is 0 Å². The van der Waals surface area contributed by atoms with Crippen LogP contribution in [0.15, 0.2) is 36.7 Å². The van der Waals surface area contributed by atoms with Gasteiger partial charge in [-0.05, 0) is 43.2 Å². The number of fused-ring (bicyclic) bond motifs is 2. The predicted octanol–water partition coefficient (Wildman–Crippen LogP) is 3.56. The first-order chi connectivity index (χ1) is 11.2. The lowest BCUT2D eigenvalue weighted by Gasteiger charge is -2.26. The molecule has 2 aromatic heterocycles. The van der Waals surface area contributed by atoms with Gasteiger partial charge in [0.25, 0.3) is 5.78 Å². The number of rotatable bonds is 2. The maximum atomic E-state index is 4.42. The molecule has 4 rings (SSSR count). The second-order valence-corrected chi connectivity index (χ2v) is 6.44. The third-order valence-corrected chi connectivity index (χ3v) is 4.75. The zero-order valence-corrected chi connectivity index (χ0v) is 13.5. The Labute approximate surface area is 135 Å². The van der Waals surface area contributed by atoms with Gasteiger partial charge in [-0.15, -0.1) is 0 Å². The average Bonchev–Trinajstić information content (AvgIpc) is 2.95. The summed E-state index contributed by atoms with van der Waals surface area (Å²) in [5.74, 6) is 2.16. The van der Waals surface area contributed by atoms with Gasteiger partial charge in [-0.2, -0.15) is 14.6 Å². The lowest BCUT2D eigenvalue weighted by molar-refractivity contribution is 0.462. The van der Waals surface area contributed by atoms with E-state index in [1.54, 1.807) is 10.8 Å². The van der Waals surface area contributed by atoms with Crippen molar-refractivity contribution in [1.29, 1.82) is 0 Å². The standard InChI is InChI=1S/C18H21N5/c1-12-6-5-8-14-7-3-4-9-15(14)17(12)22-16-10-13(2)21-18-19-11-20-23(16)18/h3-4,7,9-12,17,22H,5-6,8H2,1-2H3/t12-,17-/m0/s1. The van der Waals surface area contributed by atoms with E-state index in [4.69, 9.17) is 0 Å². The van der Waals surface area contributed by atoms with Crippen molar-refractivity contribution in [2.75, 3.05) is 5.32 Å². The molecule has 23 heavy (non-hydrogen) atoms.